The first-order valence-corrected chi connectivity index (χ1v) is 6.26. The van der Waals surface area contributed by atoms with E-state index in [9.17, 15) is 14.4 Å². The number of amides is 1. The van der Waals surface area contributed by atoms with Gasteiger partial charge in [0.1, 0.15) is 18.1 Å². The van der Waals surface area contributed by atoms with Crippen molar-refractivity contribution in [1.29, 1.82) is 0 Å². The summed E-state index contributed by atoms with van der Waals surface area (Å²) in [4.78, 5) is 34.1. The van der Waals surface area contributed by atoms with Crippen molar-refractivity contribution in [2.45, 2.75) is 27.0 Å². The van der Waals surface area contributed by atoms with Gasteiger partial charge in [-0.25, -0.2) is 0 Å². The molecule has 2 rings (SSSR count). The summed E-state index contributed by atoms with van der Waals surface area (Å²) in [5.41, 5.74) is 1.35. The lowest BCUT2D eigenvalue weighted by Crippen LogP contribution is -2.12. The van der Waals surface area contributed by atoms with Crippen molar-refractivity contribution < 1.29 is 28.6 Å². The summed E-state index contributed by atoms with van der Waals surface area (Å²) in [6, 6.07) is 1.55. The quantitative estimate of drug-likeness (QED) is 0.656. The topological polar surface area (TPSA) is 90.9 Å². The third-order valence-corrected chi connectivity index (χ3v) is 3.00. The lowest BCUT2D eigenvalue weighted by molar-refractivity contribution is -0.142. The Morgan fingerprint density at radius 1 is 1.29 bits per heavy atom. The van der Waals surface area contributed by atoms with Gasteiger partial charge in [-0.15, -0.1) is 0 Å². The van der Waals surface area contributed by atoms with Gasteiger partial charge in [0.05, 0.1) is 18.2 Å². The zero-order chi connectivity index (χ0) is 15.6. The number of hydrogen-bond acceptors (Lipinski definition) is 6. The molecule has 1 heterocycles. The minimum atomic E-state index is -0.533. The predicted octanol–water partition coefficient (Wildman–Crippen LogP) is 0.927. The molecule has 7 heteroatoms. The van der Waals surface area contributed by atoms with E-state index >= 15 is 0 Å². The van der Waals surface area contributed by atoms with Crippen molar-refractivity contribution in [1.82, 2.24) is 5.32 Å². The van der Waals surface area contributed by atoms with Crippen LogP contribution in [0.1, 0.15) is 35.3 Å². The van der Waals surface area contributed by atoms with Gasteiger partial charge >= 0.3 is 11.9 Å². The second-order valence-corrected chi connectivity index (χ2v) is 4.47. The highest BCUT2D eigenvalue weighted by Gasteiger charge is 2.29. The smallest absolute Gasteiger partial charge is 0.308 e. The first-order chi connectivity index (χ1) is 9.93. The molecule has 0 spiro atoms. The van der Waals surface area contributed by atoms with Crippen molar-refractivity contribution in [3.63, 3.8) is 0 Å². The molecule has 1 aromatic carbocycles. The molecule has 0 radical (unpaired) electrons. The molecule has 0 unspecified atom stereocenters. The molecule has 7 nitrogen and oxygen atoms in total. The molecule has 21 heavy (non-hydrogen) atoms. The van der Waals surface area contributed by atoms with Gasteiger partial charge in [-0.2, -0.15) is 0 Å². The van der Waals surface area contributed by atoms with E-state index in [2.05, 4.69) is 5.32 Å². The van der Waals surface area contributed by atoms with Crippen LogP contribution in [0.4, 0.5) is 0 Å². The monoisotopic (exact) mass is 293 g/mol. The fourth-order valence-corrected chi connectivity index (χ4v) is 2.12. The molecule has 1 aromatic rings. The maximum Gasteiger partial charge on any atom is 0.308 e. The van der Waals surface area contributed by atoms with E-state index in [0.717, 1.165) is 0 Å². The second-order valence-electron chi connectivity index (χ2n) is 4.47. The van der Waals surface area contributed by atoms with Crippen LogP contribution in [0, 0.1) is 0 Å². The lowest BCUT2D eigenvalue weighted by atomic mass is 10.0. The van der Waals surface area contributed by atoms with Crippen LogP contribution in [0.5, 0.6) is 11.5 Å². The Bertz CT molecular complexity index is 622. The van der Waals surface area contributed by atoms with Crippen LogP contribution in [0.15, 0.2) is 6.07 Å². The summed E-state index contributed by atoms with van der Waals surface area (Å²) in [5.74, 6) is -0.745. The molecule has 0 saturated heterocycles. The maximum atomic E-state index is 11.8. The summed E-state index contributed by atoms with van der Waals surface area (Å²) < 4.78 is 15.4. The number of benzene rings is 1. The van der Waals surface area contributed by atoms with Gasteiger partial charge < -0.3 is 19.5 Å². The van der Waals surface area contributed by atoms with Crippen LogP contribution in [-0.4, -0.2) is 25.0 Å². The Morgan fingerprint density at radius 3 is 2.57 bits per heavy atom. The first kappa shape index (κ1) is 14.8. The molecule has 0 bridgehead atoms. The second kappa shape index (κ2) is 5.82. The Labute approximate surface area is 121 Å². The normalized spacial score (nSPS) is 12.4. The average molecular weight is 293 g/mol. The largest absolute Gasteiger partial charge is 0.496 e. The van der Waals surface area contributed by atoms with Gasteiger partial charge in [0.2, 0.25) is 0 Å². The van der Waals surface area contributed by atoms with E-state index in [1.165, 1.54) is 21.0 Å². The zero-order valence-corrected chi connectivity index (χ0v) is 11.9. The van der Waals surface area contributed by atoms with Gasteiger partial charge in [0.25, 0.3) is 5.91 Å². The standard InChI is InChI=1S/C14H15NO6/c1-7(16)20-6-11-12(19-3)4-9-10(5-15-14(9)18)13(11)21-8(2)17/h4H,5-6H2,1-3H3,(H,15,18). The maximum absolute atomic E-state index is 11.8. The van der Waals surface area contributed by atoms with Crippen LogP contribution in [0.25, 0.3) is 0 Å². The molecule has 1 aliphatic heterocycles. The SMILES string of the molecule is COc1cc2c(c(OC(C)=O)c1COC(C)=O)CNC2=O. The number of fused-ring (bicyclic) bond motifs is 1. The van der Waals surface area contributed by atoms with Crippen LogP contribution in [0.2, 0.25) is 0 Å². The molecule has 0 aromatic heterocycles. The highest BCUT2D eigenvalue weighted by molar-refractivity contribution is 6.00. The molecule has 0 atom stereocenters. The predicted molar refractivity (Wildman–Crippen MR) is 70.9 cm³/mol. The molecular weight excluding hydrogens is 278 g/mol. The van der Waals surface area contributed by atoms with Crippen molar-refractivity contribution in [3.8, 4) is 11.5 Å². The Morgan fingerprint density at radius 2 is 2.00 bits per heavy atom. The van der Waals surface area contributed by atoms with E-state index in [4.69, 9.17) is 14.2 Å². The number of hydrogen-bond donors (Lipinski definition) is 1. The zero-order valence-electron chi connectivity index (χ0n) is 11.9. The molecule has 0 saturated carbocycles. The average Bonchev–Trinajstić information content (AvgIpc) is 2.78. The first-order valence-electron chi connectivity index (χ1n) is 6.26. The van der Waals surface area contributed by atoms with E-state index in [0.29, 0.717) is 22.4 Å². The van der Waals surface area contributed by atoms with Crippen molar-refractivity contribution in [2.24, 2.45) is 0 Å². The number of carbonyl (C=O) groups is 3. The Hall–Kier alpha value is -2.57. The van der Waals surface area contributed by atoms with Crippen LogP contribution in [-0.2, 0) is 27.5 Å². The number of carbonyl (C=O) groups excluding carboxylic acids is 3. The molecule has 112 valence electrons. The number of methoxy groups -OCH3 is 1. The molecule has 0 fully saturated rings. The number of esters is 2. The van der Waals surface area contributed by atoms with Crippen molar-refractivity contribution in [2.75, 3.05) is 7.11 Å². The summed E-state index contributed by atoms with van der Waals surface area (Å²) in [6.07, 6.45) is 0. The third-order valence-electron chi connectivity index (χ3n) is 3.00. The van der Waals surface area contributed by atoms with Crippen LogP contribution < -0.4 is 14.8 Å². The van der Waals surface area contributed by atoms with E-state index in [-0.39, 0.29) is 24.8 Å². The minimum Gasteiger partial charge on any atom is -0.496 e. The fourth-order valence-electron chi connectivity index (χ4n) is 2.12. The van der Waals surface area contributed by atoms with Gasteiger partial charge in [-0.1, -0.05) is 0 Å². The van der Waals surface area contributed by atoms with Crippen LogP contribution in [0.3, 0.4) is 0 Å². The number of nitrogens with one attached hydrogen (secondary N) is 1. The van der Waals surface area contributed by atoms with Crippen LogP contribution >= 0.6 is 0 Å². The highest BCUT2D eigenvalue weighted by atomic mass is 16.5. The van der Waals surface area contributed by atoms with Gasteiger partial charge in [-0.3, -0.25) is 14.4 Å². The molecular formula is C14H15NO6. The number of rotatable bonds is 4. The van der Waals surface area contributed by atoms with E-state index in [1.807, 2.05) is 0 Å². The van der Waals surface area contributed by atoms with E-state index < -0.39 is 11.9 Å². The Balaban J connectivity index is 2.56. The Kier molecular flexibility index (Phi) is 4.11. The molecule has 0 aliphatic carbocycles. The molecule has 1 N–H and O–H groups in total. The molecule has 1 amide bonds. The fraction of sp³-hybridized carbons (Fsp3) is 0.357. The molecule has 1 aliphatic rings. The van der Waals surface area contributed by atoms with Gasteiger partial charge in [0.15, 0.2) is 0 Å². The summed E-state index contributed by atoms with van der Waals surface area (Å²) in [5, 5.41) is 2.65. The van der Waals surface area contributed by atoms with Gasteiger partial charge in [-0.05, 0) is 6.07 Å². The minimum absolute atomic E-state index is 0.109. The van der Waals surface area contributed by atoms with Gasteiger partial charge in [0, 0.05) is 26.0 Å². The lowest BCUT2D eigenvalue weighted by Gasteiger charge is -2.16. The third kappa shape index (κ3) is 2.96. The number of ether oxygens (including phenoxy) is 3. The summed E-state index contributed by atoms with van der Waals surface area (Å²) in [6.45, 7) is 2.67. The summed E-state index contributed by atoms with van der Waals surface area (Å²) >= 11 is 0. The van der Waals surface area contributed by atoms with Crippen molar-refractivity contribution >= 4 is 17.8 Å². The highest BCUT2D eigenvalue weighted by Crippen LogP contribution is 2.38. The van der Waals surface area contributed by atoms with E-state index in [1.54, 1.807) is 6.07 Å². The van der Waals surface area contributed by atoms with Crippen molar-refractivity contribution in [3.05, 3.63) is 22.8 Å². The summed E-state index contributed by atoms with van der Waals surface area (Å²) in [7, 11) is 1.42.